The zero-order valence-electron chi connectivity index (χ0n) is 9.05. The van der Waals surface area contributed by atoms with Gasteiger partial charge in [0, 0.05) is 0 Å². The van der Waals surface area contributed by atoms with Crippen molar-refractivity contribution < 1.29 is 0 Å². The van der Waals surface area contributed by atoms with Gasteiger partial charge in [-0.2, -0.15) is 0 Å². The third-order valence-electron chi connectivity index (χ3n) is 5.36. The van der Waals surface area contributed by atoms with Gasteiger partial charge < -0.3 is 0 Å². The first-order valence-corrected chi connectivity index (χ1v) is 6.20. The molecule has 0 heterocycles. The first-order valence-electron chi connectivity index (χ1n) is 6.20. The van der Waals surface area contributed by atoms with Gasteiger partial charge in [0.2, 0.25) is 0 Å². The molecule has 0 heteroatoms. The van der Waals surface area contributed by atoms with Crippen LogP contribution >= 0.6 is 0 Å². The van der Waals surface area contributed by atoms with Crippen molar-refractivity contribution in [1.29, 1.82) is 0 Å². The molecule has 3 fully saturated rings. The Kier molecular flexibility index (Phi) is 1.61. The lowest BCUT2D eigenvalue weighted by Gasteiger charge is -2.60. The van der Waals surface area contributed by atoms with Gasteiger partial charge in [0.1, 0.15) is 0 Å². The van der Waals surface area contributed by atoms with Gasteiger partial charge in [-0.1, -0.05) is 26.7 Å². The van der Waals surface area contributed by atoms with Gasteiger partial charge in [0.15, 0.2) is 0 Å². The predicted molar refractivity (Wildman–Crippen MR) is 55.4 cm³/mol. The van der Waals surface area contributed by atoms with Crippen molar-refractivity contribution in [1.82, 2.24) is 0 Å². The Balaban J connectivity index is 1.92. The summed E-state index contributed by atoms with van der Waals surface area (Å²) in [5.41, 5.74) is 0.683. The number of hydrogen-bond donors (Lipinski definition) is 0. The third-order valence-corrected chi connectivity index (χ3v) is 5.36. The molecule has 0 nitrogen and oxygen atoms in total. The first kappa shape index (κ1) is 8.32. The van der Waals surface area contributed by atoms with Crippen LogP contribution in [-0.4, -0.2) is 0 Å². The van der Waals surface area contributed by atoms with E-state index in [0.29, 0.717) is 5.41 Å². The van der Waals surface area contributed by atoms with Gasteiger partial charge in [-0.3, -0.25) is 0 Å². The van der Waals surface area contributed by atoms with E-state index in [1.165, 1.54) is 18.8 Å². The molecule has 3 rings (SSSR count). The molecular formula is C13H22. The molecule has 0 aliphatic heterocycles. The van der Waals surface area contributed by atoms with E-state index >= 15 is 0 Å². The topological polar surface area (TPSA) is 0 Å². The summed E-state index contributed by atoms with van der Waals surface area (Å²) in [7, 11) is 0. The van der Waals surface area contributed by atoms with Crippen LogP contribution in [0.1, 0.15) is 52.4 Å². The minimum atomic E-state index is 0.683. The monoisotopic (exact) mass is 178 g/mol. The Morgan fingerprint density at radius 3 is 2.15 bits per heavy atom. The fourth-order valence-corrected chi connectivity index (χ4v) is 4.95. The minimum Gasteiger partial charge on any atom is -0.0596 e. The molecule has 0 aromatic carbocycles. The standard InChI is InChI=1S/C13H22/c1-13(2)8-4-7-9-10-5-3-6-11(9)12(10)13/h9-12H,3-8H2,1-2H3. The van der Waals surface area contributed by atoms with Crippen LogP contribution in [0, 0.1) is 29.1 Å². The Morgan fingerprint density at radius 1 is 0.846 bits per heavy atom. The van der Waals surface area contributed by atoms with E-state index in [2.05, 4.69) is 13.8 Å². The number of hydrogen-bond acceptors (Lipinski definition) is 0. The van der Waals surface area contributed by atoms with Crippen molar-refractivity contribution in [2.75, 3.05) is 0 Å². The van der Waals surface area contributed by atoms with Crippen LogP contribution in [-0.2, 0) is 0 Å². The molecule has 0 spiro atoms. The zero-order valence-corrected chi connectivity index (χ0v) is 9.05. The average molecular weight is 178 g/mol. The highest BCUT2D eigenvalue weighted by atomic mass is 14.6. The van der Waals surface area contributed by atoms with Crippen LogP contribution in [0.5, 0.6) is 0 Å². The molecule has 3 aliphatic carbocycles. The van der Waals surface area contributed by atoms with E-state index in [1.807, 2.05) is 0 Å². The van der Waals surface area contributed by atoms with Crippen LogP contribution < -0.4 is 0 Å². The summed E-state index contributed by atoms with van der Waals surface area (Å²) < 4.78 is 0. The summed E-state index contributed by atoms with van der Waals surface area (Å²) in [5, 5.41) is 0. The van der Waals surface area contributed by atoms with Gasteiger partial charge in [-0.25, -0.2) is 0 Å². The van der Waals surface area contributed by atoms with Crippen LogP contribution in [0.3, 0.4) is 0 Å². The fourth-order valence-electron chi connectivity index (χ4n) is 4.95. The van der Waals surface area contributed by atoms with Crippen molar-refractivity contribution in [3.05, 3.63) is 0 Å². The molecular weight excluding hydrogens is 156 g/mol. The molecule has 13 heavy (non-hydrogen) atoms. The normalized spacial score (nSPS) is 52.2. The van der Waals surface area contributed by atoms with Crippen LogP contribution in [0.15, 0.2) is 0 Å². The van der Waals surface area contributed by atoms with Crippen molar-refractivity contribution in [2.24, 2.45) is 29.1 Å². The highest BCUT2D eigenvalue weighted by Gasteiger charge is 2.58. The lowest BCUT2D eigenvalue weighted by molar-refractivity contribution is -0.115. The van der Waals surface area contributed by atoms with Gasteiger partial charge in [0.25, 0.3) is 0 Å². The third kappa shape index (κ3) is 0.980. The Bertz CT molecular complexity index is 204. The number of rotatable bonds is 0. The second kappa shape index (κ2) is 2.52. The zero-order chi connectivity index (χ0) is 9.05. The molecule has 2 atom stereocenters. The SMILES string of the molecule is CC1(C)CCCC2C3CCCC2C31. The van der Waals surface area contributed by atoms with E-state index in [0.717, 1.165) is 17.8 Å². The van der Waals surface area contributed by atoms with Crippen molar-refractivity contribution in [3.63, 3.8) is 0 Å². The molecule has 3 aliphatic rings. The van der Waals surface area contributed by atoms with E-state index in [-0.39, 0.29) is 0 Å². The molecule has 2 unspecified atom stereocenters. The van der Waals surface area contributed by atoms with Gasteiger partial charge in [-0.15, -0.1) is 0 Å². The van der Waals surface area contributed by atoms with Crippen LogP contribution in [0.2, 0.25) is 0 Å². The highest BCUT2D eigenvalue weighted by molar-refractivity contribution is 5.06. The summed E-state index contributed by atoms with van der Waals surface area (Å²) in [6, 6.07) is 0. The van der Waals surface area contributed by atoms with E-state index in [9.17, 15) is 0 Å². The Morgan fingerprint density at radius 2 is 1.46 bits per heavy atom. The maximum Gasteiger partial charge on any atom is -0.0300 e. The predicted octanol–water partition coefficient (Wildman–Crippen LogP) is 3.86. The molecule has 0 N–H and O–H groups in total. The fraction of sp³-hybridized carbons (Fsp3) is 1.00. The Labute approximate surface area is 82.1 Å². The molecule has 0 aromatic heterocycles. The highest BCUT2D eigenvalue weighted by Crippen LogP contribution is 2.65. The molecule has 0 amide bonds. The molecule has 0 radical (unpaired) electrons. The van der Waals surface area contributed by atoms with Crippen LogP contribution in [0.25, 0.3) is 0 Å². The second-order valence-corrected chi connectivity index (χ2v) is 6.33. The molecule has 3 saturated carbocycles. The van der Waals surface area contributed by atoms with Gasteiger partial charge in [-0.05, 0) is 54.8 Å². The van der Waals surface area contributed by atoms with E-state index in [1.54, 1.807) is 25.7 Å². The lowest BCUT2D eigenvalue weighted by atomic mass is 9.45. The van der Waals surface area contributed by atoms with E-state index < -0.39 is 0 Å². The maximum atomic E-state index is 2.53. The smallest absolute Gasteiger partial charge is 0.0300 e. The number of fused-ring (bicyclic) bond motifs is 1. The summed E-state index contributed by atoms with van der Waals surface area (Å²) in [4.78, 5) is 0. The molecule has 74 valence electrons. The maximum absolute atomic E-state index is 2.53. The van der Waals surface area contributed by atoms with Gasteiger partial charge in [0.05, 0.1) is 0 Å². The summed E-state index contributed by atoms with van der Waals surface area (Å²) in [6.07, 6.45) is 9.25. The Hall–Kier alpha value is 0. The second-order valence-electron chi connectivity index (χ2n) is 6.33. The van der Waals surface area contributed by atoms with E-state index in [4.69, 9.17) is 0 Å². The van der Waals surface area contributed by atoms with Crippen LogP contribution in [0.4, 0.5) is 0 Å². The largest absolute Gasteiger partial charge is 0.0596 e. The first-order chi connectivity index (χ1) is 6.20. The summed E-state index contributed by atoms with van der Waals surface area (Å²) in [5.74, 6) is 4.58. The van der Waals surface area contributed by atoms with Crippen molar-refractivity contribution in [3.8, 4) is 0 Å². The molecule has 4 bridgehead atoms. The van der Waals surface area contributed by atoms with Crippen molar-refractivity contribution in [2.45, 2.75) is 52.4 Å². The quantitative estimate of drug-likeness (QED) is 0.528. The summed E-state index contributed by atoms with van der Waals surface area (Å²) in [6.45, 7) is 5.06. The summed E-state index contributed by atoms with van der Waals surface area (Å²) >= 11 is 0. The van der Waals surface area contributed by atoms with Gasteiger partial charge >= 0.3 is 0 Å². The lowest BCUT2D eigenvalue weighted by Crippen LogP contribution is -2.53. The minimum absolute atomic E-state index is 0.683. The molecule has 0 aromatic rings. The van der Waals surface area contributed by atoms with Crippen molar-refractivity contribution >= 4 is 0 Å². The average Bonchev–Trinajstić information content (AvgIpc) is 2.32. The molecule has 0 saturated heterocycles.